The van der Waals surface area contributed by atoms with Crippen molar-refractivity contribution in [3.05, 3.63) is 0 Å². The van der Waals surface area contributed by atoms with Crippen LogP contribution < -0.4 is 32.3 Å². The molecule has 0 aliphatic heterocycles. The second-order valence-corrected chi connectivity index (χ2v) is 16.3. The first kappa shape index (κ1) is 41.4. The Morgan fingerprint density at radius 1 is 0.896 bits per heavy atom. The van der Waals surface area contributed by atoms with Crippen molar-refractivity contribution in [1.29, 1.82) is 0 Å². The molecule has 3 unspecified atom stereocenters. The predicted octanol–water partition coefficient (Wildman–Crippen LogP) is 4.15. The fourth-order valence-corrected chi connectivity index (χ4v) is 7.24. The van der Waals surface area contributed by atoms with E-state index in [0.29, 0.717) is 38.0 Å². The molecule has 12 nitrogen and oxygen atoms in total. The lowest BCUT2D eigenvalue weighted by molar-refractivity contribution is -0.142. The number of fused-ring (bicyclic) bond motifs is 2. The number of carbonyl (C=O) groups is 5. The van der Waals surface area contributed by atoms with Crippen LogP contribution in [0.5, 0.6) is 0 Å². The average molecular weight is 679 g/mol. The highest BCUT2D eigenvalue weighted by molar-refractivity contribution is 5.93. The number of amides is 4. The van der Waals surface area contributed by atoms with E-state index in [1.165, 1.54) is 0 Å². The summed E-state index contributed by atoms with van der Waals surface area (Å²) >= 11 is 0. The average Bonchev–Trinajstić information content (AvgIpc) is 2.98. The van der Waals surface area contributed by atoms with Crippen molar-refractivity contribution in [2.75, 3.05) is 13.1 Å². The smallest absolute Gasteiger partial charge is 0.326 e. The number of unbranched alkanes of at least 4 members (excludes halogenated alkanes) is 1. The van der Waals surface area contributed by atoms with E-state index < -0.39 is 47.5 Å². The molecule has 2 rings (SSSR count). The van der Waals surface area contributed by atoms with Crippen molar-refractivity contribution >= 4 is 29.6 Å². The van der Waals surface area contributed by atoms with Gasteiger partial charge in [0.2, 0.25) is 11.8 Å². The molecule has 48 heavy (non-hydrogen) atoms. The van der Waals surface area contributed by atoms with E-state index in [2.05, 4.69) is 61.2 Å². The zero-order valence-electron chi connectivity index (χ0n) is 30.8. The molecule has 0 aromatic carbocycles. The minimum atomic E-state index is -1.14. The third-order valence-electron chi connectivity index (χ3n) is 10.3. The van der Waals surface area contributed by atoms with E-state index in [1.54, 1.807) is 0 Å². The van der Waals surface area contributed by atoms with E-state index >= 15 is 0 Å². The van der Waals surface area contributed by atoms with E-state index in [0.717, 1.165) is 51.5 Å². The van der Waals surface area contributed by atoms with Crippen molar-refractivity contribution in [2.24, 2.45) is 23.0 Å². The van der Waals surface area contributed by atoms with Gasteiger partial charge in [-0.05, 0) is 109 Å². The number of urea groups is 1. The molecular formula is C36H66N6O6. The van der Waals surface area contributed by atoms with Crippen molar-refractivity contribution < 1.29 is 29.1 Å². The number of nitrogens with two attached hydrogens (primary N) is 1. The highest BCUT2D eigenvalue weighted by Gasteiger charge is 2.48. The monoisotopic (exact) mass is 679 g/mol. The normalized spacial score (nSPS) is 23.4. The summed E-state index contributed by atoms with van der Waals surface area (Å²) in [7, 11) is 0. The number of hydrogen-bond donors (Lipinski definition) is 7. The standard InChI is InChI=1S/C36H66N6O6/c1-24(2)29(42-36-20-13-15-25(23-36)35(6,7)19-11-8-9-18-28(36)43)31(45)40-26(17-14-21-38-33(37)48)30(44)41-27(32(46)47)16-10-12-22-39-34(3,4)5/h24-27,29,39,42H,8-23H2,1-7H3,(H,40,45)(H,41,44)(H,46,47)(H3,37,38,48)/t25?,26?,27-,29+,36?/m1/s1. The lowest BCUT2D eigenvalue weighted by Gasteiger charge is -2.48. The Hall–Kier alpha value is -2.73. The van der Waals surface area contributed by atoms with Gasteiger partial charge < -0.3 is 32.1 Å². The van der Waals surface area contributed by atoms with Gasteiger partial charge in [-0.15, -0.1) is 0 Å². The van der Waals surface area contributed by atoms with Crippen molar-refractivity contribution in [3.63, 3.8) is 0 Å². The molecule has 12 heteroatoms. The third-order valence-corrected chi connectivity index (χ3v) is 10.3. The van der Waals surface area contributed by atoms with Gasteiger partial charge in [0.05, 0.1) is 11.6 Å². The van der Waals surface area contributed by atoms with Crippen LogP contribution in [0.2, 0.25) is 0 Å². The van der Waals surface area contributed by atoms with Crippen LogP contribution in [0.4, 0.5) is 4.79 Å². The van der Waals surface area contributed by atoms with Gasteiger partial charge in [-0.2, -0.15) is 0 Å². The number of nitrogens with one attached hydrogen (secondary N) is 5. The summed E-state index contributed by atoms with van der Waals surface area (Å²) in [5.74, 6) is -1.82. The van der Waals surface area contributed by atoms with Crippen LogP contribution in [0.3, 0.4) is 0 Å². The third kappa shape index (κ3) is 13.6. The number of Topliss-reactive ketones (excluding diaryl/α,β-unsaturated/α-hetero) is 1. The Bertz CT molecular complexity index is 1090. The van der Waals surface area contributed by atoms with Crippen LogP contribution >= 0.6 is 0 Å². The Balaban J connectivity index is 2.24. The van der Waals surface area contributed by atoms with Gasteiger partial charge in [-0.3, -0.25) is 19.7 Å². The minimum absolute atomic E-state index is 0.0473. The lowest BCUT2D eigenvalue weighted by atomic mass is 9.61. The first-order valence-corrected chi connectivity index (χ1v) is 18.3. The van der Waals surface area contributed by atoms with Gasteiger partial charge in [0, 0.05) is 18.5 Å². The molecule has 2 aliphatic carbocycles. The zero-order chi connectivity index (χ0) is 36.1. The molecule has 2 bridgehead atoms. The first-order valence-electron chi connectivity index (χ1n) is 18.3. The number of carboxylic acid groups (broad SMARTS) is 1. The van der Waals surface area contributed by atoms with Gasteiger partial charge in [0.15, 0.2) is 5.78 Å². The summed E-state index contributed by atoms with van der Waals surface area (Å²) in [5, 5.41) is 24.9. The molecule has 0 aromatic heterocycles. The first-order chi connectivity index (χ1) is 22.4. The Labute approximate surface area is 288 Å². The molecule has 4 amide bonds. The predicted molar refractivity (Wildman–Crippen MR) is 188 cm³/mol. The molecule has 8 N–H and O–H groups in total. The van der Waals surface area contributed by atoms with E-state index in [-0.39, 0.29) is 42.0 Å². The number of hydrogen-bond acceptors (Lipinski definition) is 7. The number of primary amides is 1. The molecule has 2 aliphatic rings. The van der Waals surface area contributed by atoms with Crippen molar-refractivity contribution in [2.45, 2.75) is 168 Å². The SMILES string of the molecule is CC(C)[C@H](NC12CCCC(C1)C(C)(C)CCCCCC2=O)C(=O)NC(CCCNC(N)=O)C(=O)N[C@H](CCCCNC(C)(C)C)C(=O)O. The van der Waals surface area contributed by atoms with Crippen LogP contribution in [0.15, 0.2) is 0 Å². The summed E-state index contributed by atoms with van der Waals surface area (Å²) in [6.07, 6.45) is 9.94. The maximum Gasteiger partial charge on any atom is 0.326 e. The number of rotatable bonds is 17. The van der Waals surface area contributed by atoms with Gasteiger partial charge in [-0.25, -0.2) is 9.59 Å². The zero-order valence-corrected chi connectivity index (χ0v) is 30.8. The van der Waals surface area contributed by atoms with Gasteiger partial charge >= 0.3 is 12.0 Å². The largest absolute Gasteiger partial charge is 0.480 e. The van der Waals surface area contributed by atoms with Gasteiger partial charge in [0.25, 0.3) is 0 Å². The lowest BCUT2D eigenvalue weighted by Crippen LogP contribution is -2.64. The van der Waals surface area contributed by atoms with E-state index in [1.807, 2.05) is 13.8 Å². The Morgan fingerprint density at radius 3 is 2.19 bits per heavy atom. The second kappa shape index (κ2) is 18.9. The molecule has 5 atom stereocenters. The van der Waals surface area contributed by atoms with Crippen LogP contribution in [0, 0.1) is 17.3 Å². The van der Waals surface area contributed by atoms with E-state index in [4.69, 9.17) is 5.73 Å². The number of aliphatic carboxylic acids is 1. The highest BCUT2D eigenvalue weighted by atomic mass is 16.4. The Morgan fingerprint density at radius 2 is 1.56 bits per heavy atom. The molecule has 0 aromatic rings. The maximum atomic E-state index is 14.0. The summed E-state index contributed by atoms with van der Waals surface area (Å²) in [6, 6.07) is -3.60. The topological polar surface area (TPSA) is 192 Å². The molecule has 276 valence electrons. The Kier molecular flexibility index (Phi) is 16.3. The molecule has 2 fully saturated rings. The minimum Gasteiger partial charge on any atom is -0.480 e. The second-order valence-electron chi connectivity index (χ2n) is 16.3. The fraction of sp³-hybridized carbons (Fsp3) is 0.861. The number of carboxylic acids is 1. The number of ketones is 1. The molecule has 0 heterocycles. The molecule has 0 radical (unpaired) electrons. The molecule has 0 saturated heterocycles. The summed E-state index contributed by atoms with van der Waals surface area (Å²) in [6.45, 7) is 15.5. The molecule has 2 saturated carbocycles. The van der Waals surface area contributed by atoms with Crippen LogP contribution in [0.25, 0.3) is 0 Å². The van der Waals surface area contributed by atoms with Crippen LogP contribution in [0.1, 0.15) is 138 Å². The quantitative estimate of drug-likeness (QED) is 0.112. The summed E-state index contributed by atoms with van der Waals surface area (Å²) < 4.78 is 0. The molecular weight excluding hydrogens is 612 g/mol. The highest BCUT2D eigenvalue weighted by Crippen LogP contribution is 2.46. The van der Waals surface area contributed by atoms with Crippen LogP contribution in [-0.2, 0) is 19.2 Å². The van der Waals surface area contributed by atoms with Crippen molar-refractivity contribution in [1.82, 2.24) is 26.6 Å². The van der Waals surface area contributed by atoms with Crippen molar-refractivity contribution in [3.8, 4) is 0 Å². The van der Waals surface area contributed by atoms with E-state index in [9.17, 15) is 29.1 Å². The summed E-state index contributed by atoms with van der Waals surface area (Å²) in [5.41, 5.74) is 4.43. The fourth-order valence-electron chi connectivity index (χ4n) is 7.24. The summed E-state index contributed by atoms with van der Waals surface area (Å²) in [4.78, 5) is 64.9. The van der Waals surface area contributed by atoms with Gasteiger partial charge in [-0.1, -0.05) is 47.0 Å². The maximum absolute atomic E-state index is 14.0. The van der Waals surface area contributed by atoms with Crippen LogP contribution in [-0.4, -0.2) is 77.0 Å². The van der Waals surface area contributed by atoms with Gasteiger partial charge in [0.1, 0.15) is 12.1 Å². The number of carbonyl (C=O) groups excluding carboxylic acids is 4. The molecule has 0 spiro atoms.